The van der Waals surface area contributed by atoms with Gasteiger partial charge in [-0.05, 0) is 0 Å². The first-order chi connectivity index (χ1) is 22.8. The molecule has 0 aromatic heterocycles. The third kappa shape index (κ3) is 17.5. The van der Waals surface area contributed by atoms with Gasteiger partial charge < -0.3 is 96.2 Å². The fraction of sp³-hybridized carbons (Fsp3) is 1.00. The first-order valence-electron chi connectivity index (χ1n) is 13.9. The smallest absolute Gasteiger partial charge is 0.852 e. The van der Waals surface area contributed by atoms with Gasteiger partial charge in [-0.15, -0.1) is 26.4 Å². The van der Waals surface area contributed by atoms with Crippen LogP contribution in [-0.2, 0) is 97.5 Å². The molecule has 49 heavy (non-hydrogen) atoms. The van der Waals surface area contributed by atoms with Crippen molar-refractivity contribution in [3.8, 4) is 0 Å². The van der Waals surface area contributed by atoms with Gasteiger partial charge in [-0.1, -0.05) is 0 Å². The van der Waals surface area contributed by atoms with Crippen molar-refractivity contribution in [1.82, 2.24) is 0 Å². The molecule has 0 aliphatic heterocycles. The fourth-order valence-electron chi connectivity index (χ4n) is 3.84. The van der Waals surface area contributed by atoms with E-state index in [2.05, 4.69) is 0 Å². The molecule has 0 saturated heterocycles. The molecule has 0 amide bonds. The van der Waals surface area contributed by atoms with Crippen LogP contribution in [0.4, 0.5) is 0 Å². The Kier molecular flexibility index (Phi) is 40.1. The molecule has 0 bridgehead atoms. The van der Waals surface area contributed by atoms with Crippen LogP contribution in [0.2, 0.25) is 0 Å². The van der Waals surface area contributed by atoms with Crippen LogP contribution in [-0.4, -0.2) is 188 Å². The molecule has 0 rings (SSSR count). The quantitative estimate of drug-likeness (QED) is 0.0669. The summed E-state index contributed by atoms with van der Waals surface area (Å²) in [4.78, 5) is 0. The first kappa shape index (κ1) is 58.2. The summed E-state index contributed by atoms with van der Waals surface area (Å²) >= 11 is 0. The molecule has 0 heterocycles. The SMILES string of the molecule is COC(C[O-])C(OC)(OC)OC.COC(C[O-])C(OC)(OC)OC.COC(C[O-])C(OC)(OC)OC.COC(C[O-])C(OC)(OC)OC.[Ti+4]. The zero-order chi connectivity index (χ0) is 38.5. The molecule has 21 heteroatoms. The van der Waals surface area contributed by atoms with E-state index >= 15 is 0 Å². The van der Waals surface area contributed by atoms with Gasteiger partial charge >= 0.3 is 45.6 Å². The number of rotatable bonds is 24. The Morgan fingerprint density at radius 2 is 0.388 bits per heavy atom. The molecule has 0 aliphatic carbocycles. The Labute approximate surface area is 306 Å². The topological polar surface area (TPSA) is 240 Å². The van der Waals surface area contributed by atoms with Gasteiger partial charge in [0.15, 0.2) is 0 Å². The van der Waals surface area contributed by atoms with Crippen molar-refractivity contribution in [2.24, 2.45) is 0 Å². The van der Waals surface area contributed by atoms with E-state index in [1.807, 2.05) is 0 Å². The first-order valence-corrected chi connectivity index (χ1v) is 13.9. The zero-order valence-electron chi connectivity index (χ0n) is 31.8. The standard InChI is InChI=1S/4C7H15O5.Ti/c4*1-9-6(5-8)7(10-2,11-3)12-4;/h4*6H,5H2,1-4H3;/q4*-1;+4. The van der Waals surface area contributed by atoms with Crippen molar-refractivity contribution in [2.45, 2.75) is 48.3 Å². The Morgan fingerprint density at radius 3 is 0.408 bits per heavy atom. The number of ether oxygens (including phenoxy) is 16. The van der Waals surface area contributed by atoms with E-state index in [0.717, 1.165) is 0 Å². The molecule has 0 aromatic carbocycles. The van der Waals surface area contributed by atoms with Gasteiger partial charge in [0.25, 0.3) is 0 Å². The van der Waals surface area contributed by atoms with Gasteiger partial charge in [0.05, 0.1) is 0 Å². The third-order valence-electron chi connectivity index (χ3n) is 6.74. The van der Waals surface area contributed by atoms with Crippen molar-refractivity contribution in [3.63, 3.8) is 0 Å². The average Bonchev–Trinajstić information content (AvgIpc) is 3.15. The maximum Gasteiger partial charge on any atom is 4.00 e. The van der Waals surface area contributed by atoms with Crippen molar-refractivity contribution >= 4 is 0 Å². The van der Waals surface area contributed by atoms with Crippen molar-refractivity contribution < 1.29 is 118 Å². The second-order valence-electron chi connectivity index (χ2n) is 8.43. The summed E-state index contributed by atoms with van der Waals surface area (Å²) < 4.78 is 78.3. The normalized spacial score (nSPS) is 14.4. The summed E-state index contributed by atoms with van der Waals surface area (Å²) in [5, 5.41) is 42.5. The predicted octanol–water partition coefficient (Wildman–Crippen LogP) is -4.18. The molecule has 0 fully saturated rings. The molecule has 4 atom stereocenters. The zero-order valence-corrected chi connectivity index (χ0v) is 33.4. The number of hydrogen-bond donors (Lipinski definition) is 0. The van der Waals surface area contributed by atoms with Gasteiger partial charge in [-0.25, -0.2) is 0 Å². The minimum absolute atomic E-state index is 0. The van der Waals surface area contributed by atoms with E-state index in [1.165, 1.54) is 114 Å². The minimum atomic E-state index is -1.39. The summed E-state index contributed by atoms with van der Waals surface area (Å²) in [5.41, 5.74) is 0. The second-order valence-corrected chi connectivity index (χ2v) is 8.43. The van der Waals surface area contributed by atoms with Crippen LogP contribution < -0.4 is 20.4 Å². The Morgan fingerprint density at radius 1 is 0.286 bits per heavy atom. The number of methoxy groups -OCH3 is 16. The second kappa shape index (κ2) is 33.7. The molecule has 0 spiro atoms. The molecule has 4 unspecified atom stereocenters. The molecule has 20 nitrogen and oxygen atoms in total. The van der Waals surface area contributed by atoms with Crippen LogP contribution in [0.25, 0.3) is 0 Å². The van der Waals surface area contributed by atoms with Crippen LogP contribution in [0.15, 0.2) is 0 Å². The molecule has 0 saturated carbocycles. The van der Waals surface area contributed by atoms with Gasteiger partial charge in [0.1, 0.15) is 24.4 Å². The largest absolute Gasteiger partial charge is 4.00 e. The van der Waals surface area contributed by atoms with Gasteiger partial charge in [-0.3, -0.25) is 0 Å². The minimum Gasteiger partial charge on any atom is -0.852 e. The van der Waals surface area contributed by atoms with E-state index < -0.39 is 74.7 Å². The Balaban J connectivity index is -0.000000174. The maximum absolute atomic E-state index is 10.6. The van der Waals surface area contributed by atoms with Gasteiger partial charge in [-0.2, -0.15) is 0 Å². The summed E-state index contributed by atoms with van der Waals surface area (Å²) in [7, 11) is 22.2. The van der Waals surface area contributed by atoms with Crippen molar-refractivity contribution in [2.75, 3.05) is 140 Å². The molecule has 0 aromatic rings. The monoisotopic (exact) mass is 764 g/mol. The van der Waals surface area contributed by atoms with Gasteiger partial charge in [0, 0.05) is 114 Å². The summed E-state index contributed by atoms with van der Waals surface area (Å²) in [6.07, 6.45) is -3.12. The molecule has 0 N–H and O–H groups in total. The predicted molar refractivity (Wildman–Crippen MR) is 158 cm³/mol. The van der Waals surface area contributed by atoms with Crippen LogP contribution in [0.3, 0.4) is 0 Å². The van der Waals surface area contributed by atoms with E-state index in [-0.39, 0.29) is 21.7 Å². The molecular formula is C28H60O20Ti. The van der Waals surface area contributed by atoms with E-state index in [1.54, 1.807) is 0 Å². The summed E-state index contributed by atoms with van der Waals surface area (Å²) in [5.74, 6) is -5.57. The molecule has 0 radical (unpaired) electrons. The van der Waals surface area contributed by atoms with Crippen LogP contribution >= 0.6 is 0 Å². The van der Waals surface area contributed by atoms with E-state index in [4.69, 9.17) is 75.8 Å². The molecule has 0 aliphatic rings. The Bertz CT molecular complexity index is 519. The maximum atomic E-state index is 10.6. The van der Waals surface area contributed by atoms with E-state index in [0.29, 0.717) is 0 Å². The van der Waals surface area contributed by atoms with Crippen LogP contribution in [0.1, 0.15) is 0 Å². The summed E-state index contributed by atoms with van der Waals surface area (Å²) in [6, 6.07) is 0. The average molecular weight is 765 g/mol. The van der Waals surface area contributed by atoms with Crippen LogP contribution in [0.5, 0.6) is 0 Å². The van der Waals surface area contributed by atoms with E-state index in [9.17, 15) is 20.4 Å². The Hall–Kier alpha value is -0.0857. The van der Waals surface area contributed by atoms with Crippen LogP contribution in [0, 0.1) is 0 Å². The van der Waals surface area contributed by atoms with Gasteiger partial charge in [0.2, 0.25) is 0 Å². The van der Waals surface area contributed by atoms with Crippen molar-refractivity contribution in [3.05, 3.63) is 0 Å². The molecular weight excluding hydrogens is 704 g/mol. The third-order valence-corrected chi connectivity index (χ3v) is 6.74. The summed E-state index contributed by atoms with van der Waals surface area (Å²) in [6.45, 7) is -1.98. The molecule has 296 valence electrons. The fourth-order valence-corrected chi connectivity index (χ4v) is 3.84. The van der Waals surface area contributed by atoms with Crippen molar-refractivity contribution in [1.29, 1.82) is 0 Å². The number of hydrogen-bond acceptors (Lipinski definition) is 20.